The Morgan fingerprint density at radius 3 is 1.67 bits per heavy atom. The predicted molar refractivity (Wildman–Crippen MR) is 72.3 cm³/mol. The number of carbonyl (C=O) groups excluding carboxylic acids is 4. The van der Waals surface area contributed by atoms with Crippen LogP contribution in [0.1, 0.15) is 46.5 Å². The standard InChI is InChI=1S/C14H22O7/c1-9(15)10(2)20-12(16)7-5-6-8-13(17)21-11(3)14(18)19-4/h10-11H,5-8H2,1-4H3. The Morgan fingerprint density at radius 2 is 1.29 bits per heavy atom. The van der Waals surface area contributed by atoms with Gasteiger partial charge in [-0.05, 0) is 33.6 Å². The van der Waals surface area contributed by atoms with E-state index in [1.54, 1.807) is 0 Å². The van der Waals surface area contributed by atoms with Gasteiger partial charge in [-0.15, -0.1) is 0 Å². The largest absolute Gasteiger partial charge is 0.466 e. The molecule has 0 aromatic rings. The molecular weight excluding hydrogens is 280 g/mol. The molecule has 0 radical (unpaired) electrons. The first-order chi connectivity index (χ1) is 9.77. The summed E-state index contributed by atoms with van der Waals surface area (Å²) in [6.07, 6.45) is -0.609. The fourth-order valence-electron chi connectivity index (χ4n) is 1.35. The number of hydrogen-bond donors (Lipinski definition) is 0. The first kappa shape index (κ1) is 19.1. The van der Waals surface area contributed by atoms with Crippen LogP contribution in [-0.2, 0) is 33.4 Å². The molecule has 0 aliphatic heterocycles. The van der Waals surface area contributed by atoms with Crippen molar-refractivity contribution in [2.75, 3.05) is 7.11 Å². The van der Waals surface area contributed by atoms with E-state index in [9.17, 15) is 19.2 Å². The fourth-order valence-corrected chi connectivity index (χ4v) is 1.35. The zero-order valence-corrected chi connectivity index (χ0v) is 12.8. The molecule has 0 aromatic heterocycles. The van der Waals surface area contributed by atoms with Crippen LogP contribution in [0.3, 0.4) is 0 Å². The highest BCUT2D eigenvalue weighted by atomic mass is 16.6. The molecule has 0 aliphatic carbocycles. The molecule has 0 amide bonds. The zero-order chi connectivity index (χ0) is 16.4. The number of unbranched alkanes of at least 4 members (excludes halogenated alkanes) is 1. The number of ketones is 1. The van der Waals surface area contributed by atoms with E-state index in [2.05, 4.69) is 4.74 Å². The van der Waals surface area contributed by atoms with E-state index in [1.807, 2.05) is 0 Å². The minimum absolute atomic E-state index is 0.0941. The van der Waals surface area contributed by atoms with Crippen molar-refractivity contribution in [3.63, 3.8) is 0 Å². The summed E-state index contributed by atoms with van der Waals surface area (Å²) in [6.45, 7) is 4.27. The van der Waals surface area contributed by atoms with Gasteiger partial charge in [0.1, 0.15) is 0 Å². The average molecular weight is 302 g/mol. The molecule has 120 valence electrons. The van der Waals surface area contributed by atoms with E-state index in [4.69, 9.17) is 9.47 Å². The van der Waals surface area contributed by atoms with Gasteiger partial charge in [0, 0.05) is 12.8 Å². The van der Waals surface area contributed by atoms with Crippen molar-refractivity contribution in [1.29, 1.82) is 0 Å². The minimum atomic E-state index is -0.941. The Labute approximate surface area is 123 Å². The molecule has 0 saturated carbocycles. The van der Waals surface area contributed by atoms with Gasteiger partial charge in [-0.2, -0.15) is 0 Å². The summed E-state index contributed by atoms with van der Waals surface area (Å²) < 4.78 is 14.1. The Hall–Kier alpha value is -1.92. The van der Waals surface area contributed by atoms with Crippen molar-refractivity contribution in [2.24, 2.45) is 0 Å². The van der Waals surface area contributed by atoms with Crippen LogP contribution < -0.4 is 0 Å². The summed E-state index contributed by atoms with van der Waals surface area (Å²) in [5, 5.41) is 0. The Balaban J connectivity index is 3.80. The van der Waals surface area contributed by atoms with Gasteiger partial charge >= 0.3 is 17.9 Å². The highest BCUT2D eigenvalue weighted by Crippen LogP contribution is 2.06. The van der Waals surface area contributed by atoms with Gasteiger partial charge < -0.3 is 14.2 Å². The third kappa shape index (κ3) is 8.78. The zero-order valence-electron chi connectivity index (χ0n) is 12.8. The van der Waals surface area contributed by atoms with Crippen LogP contribution in [0.15, 0.2) is 0 Å². The van der Waals surface area contributed by atoms with Gasteiger partial charge in [-0.3, -0.25) is 14.4 Å². The maximum atomic E-state index is 11.4. The molecule has 0 fully saturated rings. The molecular formula is C14H22O7. The molecule has 0 spiro atoms. The summed E-state index contributed by atoms with van der Waals surface area (Å²) in [5.41, 5.74) is 0. The lowest BCUT2D eigenvalue weighted by Gasteiger charge is -2.11. The number of carbonyl (C=O) groups is 4. The smallest absolute Gasteiger partial charge is 0.346 e. The van der Waals surface area contributed by atoms with Crippen LogP contribution in [-0.4, -0.2) is 43.0 Å². The molecule has 0 aromatic carbocycles. The topological polar surface area (TPSA) is 96.0 Å². The minimum Gasteiger partial charge on any atom is -0.466 e. The monoisotopic (exact) mass is 302 g/mol. The predicted octanol–water partition coefficient (Wildman–Crippen LogP) is 1.17. The van der Waals surface area contributed by atoms with Crippen molar-refractivity contribution >= 4 is 23.7 Å². The normalized spacial score (nSPS) is 13.0. The van der Waals surface area contributed by atoms with Gasteiger partial charge in [0.15, 0.2) is 18.0 Å². The van der Waals surface area contributed by atoms with Crippen molar-refractivity contribution in [3.8, 4) is 0 Å². The second-order valence-electron chi connectivity index (χ2n) is 4.61. The van der Waals surface area contributed by atoms with Crippen LogP contribution in [0, 0.1) is 0 Å². The Kier molecular flexibility index (Phi) is 9.00. The molecule has 0 heterocycles. The first-order valence-electron chi connectivity index (χ1n) is 6.75. The molecule has 0 bridgehead atoms. The van der Waals surface area contributed by atoms with Crippen LogP contribution >= 0.6 is 0 Å². The van der Waals surface area contributed by atoms with Gasteiger partial charge in [0.05, 0.1) is 7.11 Å². The van der Waals surface area contributed by atoms with Crippen LogP contribution in [0.5, 0.6) is 0 Å². The van der Waals surface area contributed by atoms with Crippen molar-refractivity contribution in [3.05, 3.63) is 0 Å². The van der Waals surface area contributed by atoms with Crippen molar-refractivity contribution in [2.45, 2.75) is 58.7 Å². The SMILES string of the molecule is COC(=O)C(C)OC(=O)CCCCC(=O)OC(C)C(C)=O. The number of Topliss-reactive ketones (excluding diaryl/α,β-unsaturated/α-hetero) is 1. The van der Waals surface area contributed by atoms with Gasteiger partial charge in [0.25, 0.3) is 0 Å². The quantitative estimate of drug-likeness (QED) is 0.358. The van der Waals surface area contributed by atoms with Crippen LogP contribution in [0.25, 0.3) is 0 Å². The maximum absolute atomic E-state index is 11.4. The molecule has 2 unspecified atom stereocenters. The lowest BCUT2D eigenvalue weighted by atomic mass is 10.2. The first-order valence-corrected chi connectivity index (χ1v) is 6.75. The van der Waals surface area contributed by atoms with E-state index >= 15 is 0 Å². The van der Waals surface area contributed by atoms with Crippen molar-refractivity contribution in [1.82, 2.24) is 0 Å². The summed E-state index contributed by atoms with van der Waals surface area (Å²) in [5.74, 6) is -1.85. The van der Waals surface area contributed by atoms with E-state index in [-0.39, 0.29) is 18.6 Å². The van der Waals surface area contributed by atoms with E-state index in [0.29, 0.717) is 12.8 Å². The average Bonchev–Trinajstić information content (AvgIpc) is 2.42. The number of methoxy groups -OCH3 is 1. The second kappa shape index (κ2) is 9.90. The van der Waals surface area contributed by atoms with Crippen LogP contribution in [0.2, 0.25) is 0 Å². The third-order valence-corrected chi connectivity index (χ3v) is 2.73. The van der Waals surface area contributed by atoms with E-state index < -0.39 is 30.1 Å². The molecule has 7 nitrogen and oxygen atoms in total. The number of ether oxygens (including phenoxy) is 3. The molecule has 0 N–H and O–H groups in total. The third-order valence-electron chi connectivity index (χ3n) is 2.73. The van der Waals surface area contributed by atoms with Crippen molar-refractivity contribution < 1.29 is 33.4 Å². The molecule has 21 heavy (non-hydrogen) atoms. The van der Waals surface area contributed by atoms with E-state index in [0.717, 1.165) is 0 Å². The highest BCUT2D eigenvalue weighted by molar-refractivity contribution is 5.83. The fraction of sp³-hybridized carbons (Fsp3) is 0.714. The second-order valence-corrected chi connectivity index (χ2v) is 4.61. The van der Waals surface area contributed by atoms with E-state index in [1.165, 1.54) is 27.9 Å². The lowest BCUT2D eigenvalue weighted by molar-refractivity contribution is -0.164. The highest BCUT2D eigenvalue weighted by Gasteiger charge is 2.18. The lowest BCUT2D eigenvalue weighted by Crippen LogP contribution is -2.25. The number of rotatable bonds is 9. The van der Waals surface area contributed by atoms with Gasteiger partial charge in [-0.25, -0.2) is 4.79 Å². The Bertz CT molecular complexity index is 389. The molecule has 7 heteroatoms. The molecule has 0 aliphatic rings. The van der Waals surface area contributed by atoms with Gasteiger partial charge in [-0.1, -0.05) is 0 Å². The summed E-state index contributed by atoms with van der Waals surface area (Å²) in [7, 11) is 1.21. The molecule has 2 atom stereocenters. The molecule has 0 saturated heterocycles. The van der Waals surface area contributed by atoms with Gasteiger partial charge in [0.2, 0.25) is 0 Å². The molecule has 0 rings (SSSR count). The maximum Gasteiger partial charge on any atom is 0.346 e. The number of hydrogen-bond acceptors (Lipinski definition) is 7. The number of esters is 3. The Morgan fingerprint density at radius 1 is 0.857 bits per heavy atom. The summed E-state index contributed by atoms with van der Waals surface area (Å²) in [4.78, 5) is 44.7. The summed E-state index contributed by atoms with van der Waals surface area (Å²) >= 11 is 0. The van der Waals surface area contributed by atoms with Crippen LogP contribution in [0.4, 0.5) is 0 Å². The summed E-state index contributed by atoms with van der Waals surface area (Å²) in [6, 6.07) is 0.